The third-order valence-electron chi connectivity index (χ3n) is 4.44. The quantitative estimate of drug-likeness (QED) is 0.117. The Morgan fingerprint density at radius 2 is 1.33 bits per heavy atom. The van der Waals surface area contributed by atoms with Gasteiger partial charge in [0.25, 0.3) is 0 Å². The Bertz CT molecular complexity index is 561. The number of aliphatic carboxylic acids is 1. The van der Waals surface area contributed by atoms with Gasteiger partial charge in [0.15, 0.2) is 0 Å². The van der Waals surface area contributed by atoms with E-state index in [-0.39, 0.29) is 6.42 Å². The van der Waals surface area contributed by atoms with Gasteiger partial charge in [0.2, 0.25) is 17.7 Å². The van der Waals surface area contributed by atoms with Crippen LogP contribution >= 0.6 is 0 Å². The summed E-state index contributed by atoms with van der Waals surface area (Å²) in [7, 11) is 0. The Morgan fingerprint density at radius 3 is 1.83 bits per heavy atom. The summed E-state index contributed by atoms with van der Waals surface area (Å²) < 4.78 is 0. The number of carbonyl (C=O) groups is 4. The summed E-state index contributed by atoms with van der Waals surface area (Å²) in [5.74, 6) is -3.32. The number of hydrogen-bond donors (Lipinski definition) is 8. The van der Waals surface area contributed by atoms with E-state index < -0.39 is 54.5 Å². The van der Waals surface area contributed by atoms with Crippen molar-refractivity contribution in [2.24, 2.45) is 17.2 Å². The van der Waals surface area contributed by atoms with Crippen molar-refractivity contribution >= 4 is 23.7 Å². The predicted octanol–water partition coefficient (Wildman–Crippen LogP) is -2.88. The van der Waals surface area contributed by atoms with Crippen molar-refractivity contribution in [3.63, 3.8) is 0 Å². The maximum Gasteiger partial charge on any atom is 0.326 e. The third kappa shape index (κ3) is 11.0. The van der Waals surface area contributed by atoms with Gasteiger partial charge in [-0.1, -0.05) is 6.42 Å². The SMILES string of the molecule is CC(NC(=O)C(N)CCCCN)C(=O)NC(CO)C(=O)NC(CCCCN)C(=O)O. The van der Waals surface area contributed by atoms with Gasteiger partial charge < -0.3 is 43.4 Å². The predicted molar refractivity (Wildman–Crippen MR) is 110 cm³/mol. The van der Waals surface area contributed by atoms with Crippen molar-refractivity contribution in [1.82, 2.24) is 16.0 Å². The fourth-order valence-corrected chi connectivity index (χ4v) is 2.54. The van der Waals surface area contributed by atoms with Crippen LogP contribution in [0.15, 0.2) is 0 Å². The molecular formula is C18H36N6O6. The second-order valence-corrected chi connectivity index (χ2v) is 7.05. The first kappa shape index (κ1) is 27.7. The zero-order valence-corrected chi connectivity index (χ0v) is 17.4. The van der Waals surface area contributed by atoms with Gasteiger partial charge in [-0.2, -0.15) is 0 Å². The molecule has 0 aliphatic carbocycles. The van der Waals surface area contributed by atoms with E-state index in [1.54, 1.807) is 0 Å². The monoisotopic (exact) mass is 432 g/mol. The molecule has 0 saturated heterocycles. The van der Waals surface area contributed by atoms with Gasteiger partial charge in [0.1, 0.15) is 18.1 Å². The highest BCUT2D eigenvalue weighted by atomic mass is 16.4. The summed E-state index contributed by atoms with van der Waals surface area (Å²) in [4.78, 5) is 47.9. The molecule has 12 heteroatoms. The Hall–Kier alpha value is -2.28. The summed E-state index contributed by atoms with van der Waals surface area (Å²) in [5, 5.41) is 25.7. The number of nitrogens with one attached hydrogen (secondary N) is 3. The van der Waals surface area contributed by atoms with Crippen LogP contribution in [0.3, 0.4) is 0 Å². The van der Waals surface area contributed by atoms with Crippen molar-refractivity contribution in [3.8, 4) is 0 Å². The number of aliphatic hydroxyl groups excluding tert-OH is 1. The third-order valence-corrected chi connectivity index (χ3v) is 4.44. The van der Waals surface area contributed by atoms with Crippen molar-refractivity contribution in [1.29, 1.82) is 0 Å². The Morgan fingerprint density at radius 1 is 0.800 bits per heavy atom. The maximum atomic E-state index is 12.3. The number of carbonyl (C=O) groups excluding carboxylic acids is 3. The molecule has 11 N–H and O–H groups in total. The van der Waals surface area contributed by atoms with Gasteiger partial charge in [0.05, 0.1) is 12.6 Å². The molecule has 0 radical (unpaired) electrons. The summed E-state index contributed by atoms with van der Waals surface area (Å²) in [5.41, 5.74) is 16.5. The lowest BCUT2D eigenvalue weighted by atomic mass is 10.1. The van der Waals surface area contributed by atoms with E-state index in [9.17, 15) is 29.4 Å². The molecular weight excluding hydrogens is 396 g/mol. The molecule has 4 unspecified atom stereocenters. The minimum absolute atomic E-state index is 0.166. The van der Waals surface area contributed by atoms with E-state index in [1.165, 1.54) is 6.92 Å². The molecule has 0 heterocycles. The van der Waals surface area contributed by atoms with Gasteiger partial charge in [-0.15, -0.1) is 0 Å². The lowest BCUT2D eigenvalue weighted by Crippen LogP contribution is -2.57. The standard InChI is InChI=1S/C18H36N6O6/c1-11(22-16(27)12(21)6-2-4-8-19)15(26)24-14(10-25)17(28)23-13(18(29)30)7-3-5-9-20/h11-14,25H,2-10,19-21H2,1H3,(H,22,27)(H,23,28)(H,24,26)(H,29,30). The van der Waals surface area contributed by atoms with E-state index in [1.807, 2.05) is 0 Å². The highest BCUT2D eigenvalue weighted by Crippen LogP contribution is 2.02. The first-order chi connectivity index (χ1) is 14.2. The van der Waals surface area contributed by atoms with Crippen LogP contribution in [-0.2, 0) is 19.2 Å². The average Bonchev–Trinajstić information content (AvgIpc) is 2.70. The Kier molecular flexibility index (Phi) is 14.4. The lowest BCUT2D eigenvalue weighted by Gasteiger charge is -2.22. The van der Waals surface area contributed by atoms with Crippen LogP contribution in [0.5, 0.6) is 0 Å². The summed E-state index contributed by atoms with van der Waals surface area (Å²) in [6.07, 6.45) is 3.09. The topological polar surface area (TPSA) is 223 Å². The normalized spacial score (nSPS) is 14.8. The fraction of sp³-hybridized carbons (Fsp3) is 0.778. The van der Waals surface area contributed by atoms with Gasteiger partial charge in [0, 0.05) is 0 Å². The molecule has 3 amide bonds. The van der Waals surface area contributed by atoms with Crippen molar-refractivity contribution in [2.45, 2.75) is 69.6 Å². The zero-order valence-electron chi connectivity index (χ0n) is 17.4. The first-order valence-corrected chi connectivity index (χ1v) is 10.1. The average molecular weight is 433 g/mol. The Balaban J connectivity index is 4.69. The van der Waals surface area contributed by atoms with E-state index in [4.69, 9.17) is 17.2 Å². The number of unbranched alkanes of at least 4 members (excludes halogenated alkanes) is 2. The smallest absolute Gasteiger partial charge is 0.326 e. The van der Waals surface area contributed by atoms with Crippen LogP contribution in [0.25, 0.3) is 0 Å². The maximum absolute atomic E-state index is 12.3. The number of aliphatic hydroxyl groups is 1. The molecule has 174 valence electrons. The zero-order chi connectivity index (χ0) is 23.1. The molecule has 0 saturated carbocycles. The van der Waals surface area contributed by atoms with Gasteiger partial charge in [-0.05, 0) is 52.1 Å². The molecule has 0 aromatic rings. The number of carboxylic acids is 1. The molecule has 0 aromatic heterocycles. The summed E-state index contributed by atoms with van der Waals surface area (Å²) >= 11 is 0. The first-order valence-electron chi connectivity index (χ1n) is 10.1. The minimum atomic E-state index is -1.37. The van der Waals surface area contributed by atoms with Crippen molar-refractivity contribution in [2.75, 3.05) is 19.7 Å². The number of hydrogen-bond acceptors (Lipinski definition) is 8. The fourth-order valence-electron chi connectivity index (χ4n) is 2.54. The summed E-state index contributed by atoms with van der Waals surface area (Å²) in [6.45, 7) is 1.55. The largest absolute Gasteiger partial charge is 0.480 e. The molecule has 0 bridgehead atoms. The minimum Gasteiger partial charge on any atom is -0.480 e. The van der Waals surface area contributed by atoms with Gasteiger partial charge in [-0.3, -0.25) is 14.4 Å². The van der Waals surface area contributed by atoms with Crippen LogP contribution in [0, 0.1) is 0 Å². The number of rotatable bonds is 16. The van der Waals surface area contributed by atoms with Crippen molar-refractivity contribution in [3.05, 3.63) is 0 Å². The molecule has 0 aromatic carbocycles. The molecule has 30 heavy (non-hydrogen) atoms. The van der Waals surface area contributed by atoms with E-state index in [0.29, 0.717) is 38.8 Å². The second-order valence-electron chi connectivity index (χ2n) is 7.05. The number of carboxylic acid groups (broad SMARTS) is 1. The van der Waals surface area contributed by atoms with Gasteiger partial charge in [-0.25, -0.2) is 4.79 Å². The van der Waals surface area contributed by atoms with Gasteiger partial charge >= 0.3 is 5.97 Å². The molecule has 0 aliphatic rings. The van der Waals surface area contributed by atoms with Crippen LogP contribution < -0.4 is 33.2 Å². The molecule has 0 spiro atoms. The number of nitrogens with two attached hydrogens (primary N) is 3. The van der Waals surface area contributed by atoms with E-state index in [0.717, 1.165) is 6.42 Å². The summed E-state index contributed by atoms with van der Waals surface area (Å²) in [6, 6.07) is -4.35. The highest BCUT2D eigenvalue weighted by molar-refractivity contribution is 5.93. The molecule has 0 fully saturated rings. The molecule has 4 atom stereocenters. The van der Waals surface area contributed by atoms with E-state index in [2.05, 4.69) is 16.0 Å². The molecule has 0 rings (SSSR count). The van der Waals surface area contributed by atoms with Crippen LogP contribution in [-0.4, -0.2) is 77.8 Å². The highest BCUT2D eigenvalue weighted by Gasteiger charge is 2.28. The lowest BCUT2D eigenvalue weighted by molar-refractivity contribution is -0.142. The molecule has 0 aliphatic heterocycles. The van der Waals surface area contributed by atoms with Crippen molar-refractivity contribution < 1.29 is 29.4 Å². The Labute approximate surface area is 176 Å². The van der Waals surface area contributed by atoms with Crippen LogP contribution in [0.4, 0.5) is 0 Å². The molecule has 12 nitrogen and oxygen atoms in total. The number of amides is 3. The van der Waals surface area contributed by atoms with E-state index >= 15 is 0 Å². The van der Waals surface area contributed by atoms with Crippen LogP contribution in [0.1, 0.15) is 45.4 Å². The second kappa shape index (κ2) is 15.5. The van der Waals surface area contributed by atoms with Crippen LogP contribution in [0.2, 0.25) is 0 Å².